The van der Waals surface area contributed by atoms with E-state index in [-0.39, 0.29) is 6.54 Å². The molecule has 0 unspecified atom stereocenters. The fourth-order valence-corrected chi connectivity index (χ4v) is 1.70. The highest BCUT2D eigenvalue weighted by Gasteiger charge is 2.05. The van der Waals surface area contributed by atoms with Crippen LogP contribution < -0.4 is 0 Å². The van der Waals surface area contributed by atoms with Crippen LogP contribution in [0, 0.1) is 0 Å². The van der Waals surface area contributed by atoms with Gasteiger partial charge in [0.25, 0.3) is 0 Å². The first-order valence-corrected chi connectivity index (χ1v) is 4.51. The molecule has 2 rings (SSSR count). The molecule has 72 valence electrons. The summed E-state index contributed by atoms with van der Waals surface area (Å²) in [4.78, 5) is 10.5. The molecule has 14 heavy (non-hydrogen) atoms. The molecular weight excluding hydrogens is 202 g/mol. The Hall–Kier alpha value is -1.48. The molecule has 1 aromatic carbocycles. The summed E-state index contributed by atoms with van der Waals surface area (Å²) >= 11 is 5.95. The van der Waals surface area contributed by atoms with Crippen LogP contribution in [-0.2, 0) is 11.3 Å². The molecule has 3 nitrogen and oxygen atoms in total. The van der Waals surface area contributed by atoms with Crippen molar-refractivity contribution >= 4 is 28.5 Å². The molecule has 0 aliphatic carbocycles. The molecule has 1 N–H and O–H groups in total. The Labute approximate surface area is 85.5 Å². The lowest BCUT2D eigenvalue weighted by molar-refractivity contribution is -0.137. The summed E-state index contributed by atoms with van der Waals surface area (Å²) in [6, 6.07) is 7.27. The lowest BCUT2D eigenvalue weighted by Crippen LogP contribution is -2.06. The highest BCUT2D eigenvalue weighted by Crippen LogP contribution is 2.23. The first-order valence-electron chi connectivity index (χ1n) is 4.13. The van der Waals surface area contributed by atoms with Crippen LogP contribution in [0.3, 0.4) is 0 Å². The summed E-state index contributed by atoms with van der Waals surface area (Å²) in [7, 11) is 0. The van der Waals surface area contributed by atoms with Crippen molar-refractivity contribution in [2.75, 3.05) is 0 Å². The van der Waals surface area contributed by atoms with Crippen LogP contribution in [0.1, 0.15) is 0 Å². The molecule has 0 aliphatic rings. The SMILES string of the molecule is O=C(O)Cn1ccc2c(Cl)cccc21. The van der Waals surface area contributed by atoms with Gasteiger partial charge in [0.05, 0.1) is 5.52 Å². The van der Waals surface area contributed by atoms with Gasteiger partial charge in [-0.25, -0.2) is 0 Å². The van der Waals surface area contributed by atoms with Gasteiger partial charge in [0.15, 0.2) is 0 Å². The number of carboxylic acids is 1. The first-order chi connectivity index (χ1) is 6.68. The van der Waals surface area contributed by atoms with E-state index in [1.54, 1.807) is 16.8 Å². The van der Waals surface area contributed by atoms with Crippen molar-refractivity contribution in [1.82, 2.24) is 4.57 Å². The second kappa shape index (κ2) is 3.35. The average Bonchev–Trinajstić information content (AvgIpc) is 2.49. The summed E-state index contributed by atoms with van der Waals surface area (Å²) in [5.41, 5.74) is 0.847. The van der Waals surface area contributed by atoms with Crippen LogP contribution in [0.2, 0.25) is 5.02 Å². The number of halogens is 1. The zero-order chi connectivity index (χ0) is 10.1. The largest absolute Gasteiger partial charge is 0.480 e. The maximum atomic E-state index is 10.5. The molecular formula is C10H8ClNO2. The predicted octanol–water partition coefficient (Wildman–Crippen LogP) is 2.38. The quantitative estimate of drug-likeness (QED) is 0.825. The van der Waals surface area contributed by atoms with Gasteiger partial charge in [0, 0.05) is 16.6 Å². The molecule has 2 aromatic rings. The Balaban J connectivity index is 2.58. The molecule has 0 atom stereocenters. The number of carboxylic acid groups (broad SMARTS) is 1. The number of hydrogen-bond acceptors (Lipinski definition) is 1. The fourth-order valence-electron chi connectivity index (χ4n) is 1.47. The van der Waals surface area contributed by atoms with Gasteiger partial charge in [-0.15, -0.1) is 0 Å². The molecule has 0 spiro atoms. The number of fused-ring (bicyclic) bond motifs is 1. The number of aromatic nitrogens is 1. The highest BCUT2D eigenvalue weighted by atomic mass is 35.5. The summed E-state index contributed by atoms with van der Waals surface area (Å²) in [5, 5.41) is 10.2. The first kappa shape index (κ1) is 9.09. The van der Waals surface area contributed by atoms with Crippen molar-refractivity contribution in [3.05, 3.63) is 35.5 Å². The van der Waals surface area contributed by atoms with Gasteiger partial charge < -0.3 is 9.67 Å². The van der Waals surface area contributed by atoms with Crippen molar-refractivity contribution in [3.8, 4) is 0 Å². The minimum atomic E-state index is -0.859. The van der Waals surface area contributed by atoms with E-state index in [2.05, 4.69) is 0 Å². The minimum Gasteiger partial charge on any atom is -0.480 e. The molecule has 0 amide bonds. The molecule has 0 aliphatic heterocycles. The molecule has 1 aromatic heterocycles. The van der Waals surface area contributed by atoms with Gasteiger partial charge in [0.2, 0.25) is 0 Å². The van der Waals surface area contributed by atoms with Gasteiger partial charge in [-0.2, -0.15) is 0 Å². The molecule has 0 saturated heterocycles. The lowest BCUT2D eigenvalue weighted by Gasteiger charge is -2.00. The van der Waals surface area contributed by atoms with Gasteiger partial charge >= 0.3 is 5.97 Å². The Morgan fingerprint density at radius 1 is 1.43 bits per heavy atom. The van der Waals surface area contributed by atoms with Crippen LogP contribution in [0.5, 0.6) is 0 Å². The minimum absolute atomic E-state index is 0.0379. The van der Waals surface area contributed by atoms with Crippen LogP contribution in [0.15, 0.2) is 30.5 Å². The Morgan fingerprint density at radius 3 is 2.93 bits per heavy atom. The van der Waals surface area contributed by atoms with Crippen molar-refractivity contribution in [3.63, 3.8) is 0 Å². The standard InChI is InChI=1S/C10H8ClNO2/c11-8-2-1-3-9-7(8)4-5-12(9)6-10(13)14/h1-5H,6H2,(H,13,14). The van der Waals surface area contributed by atoms with E-state index < -0.39 is 5.97 Å². The van der Waals surface area contributed by atoms with Crippen molar-refractivity contribution in [1.29, 1.82) is 0 Å². The van der Waals surface area contributed by atoms with Crippen LogP contribution in [0.4, 0.5) is 0 Å². The number of nitrogens with zero attached hydrogens (tertiary/aromatic N) is 1. The topological polar surface area (TPSA) is 42.2 Å². The van der Waals surface area contributed by atoms with E-state index in [0.29, 0.717) is 5.02 Å². The van der Waals surface area contributed by atoms with Gasteiger partial charge in [0.1, 0.15) is 6.54 Å². The van der Waals surface area contributed by atoms with Crippen molar-refractivity contribution in [2.24, 2.45) is 0 Å². The van der Waals surface area contributed by atoms with Crippen LogP contribution in [-0.4, -0.2) is 15.6 Å². The highest BCUT2D eigenvalue weighted by molar-refractivity contribution is 6.35. The van der Waals surface area contributed by atoms with Crippen molar-refractivity contribution < 1.29 is 9.90 Å². The fraction of sp³-hybridized carbons (Fsp3) is 0.100. The van der Waals surface area contributed by atoms with Gasteiger partial charge in [-0.05, 0) is 18.2 Å². The van der Waals surface area contributed by atoms with E-state index in [4.69, 9.17) is 16.7 Å². The lowest BCUT2D eigenvalue weighted by atomic mass is 10.2. The molecule has 0 radical (unpaired) electrons. The Morgan fingerprint density at radius 2 is 2.21 bits per heavy atom. The van der Waals surface area contributed by atoms with Gasteiger partial charge in [-0.3, -0.25) is 4.79 Å². The molecule has 0 bridgehead atoms. The zero-order valence-electron chi connectivity index (χ0n) is 7.27. The third kappa shape index (κ3) is 1.46. The molecule has 0 saturated carbocycles. The average molecular weight is 210 g/mol. The van der Waals surface area contributed by atoms with E-state index in [9.17, 15) is 4.79 Å². The number of carbonyl (C=O) groups is 1. The van der Waals surface area contributed by atoms with E-state index in [0.717, 1.165) is 10.9 Å². The monoisotopic (exact) mass is 209 g/mol. The summed E-state index contributed by atoms with van der Waals surface area (Å²) in [6.45, 7) is -0.0379. The van der Waals surface area contributed by atoms with Crippen molar-refractivity contribution in [2.45, 2.75) is 6.54 Å². The summed E-state index contributed by atoms with van der Waals surface area (Å²) in [6.07, 6.45) is 1.73. The number of benzene rings is 1. The van der Waals surface area contributed by atoms with E-state index >= 15 is 0 Å². The Kier molecular flexibility index (Phi) is 2.17. The van der Waals surface area contributed by atoms with E-state index in [1.807, 2.05) is 18.2 Å². The molecule has 1 heterocycles. The van der Waals surface area contributed by atoms with Gasteiger partial charge in [-0.1, -0.05) is 17.7 Å². The number of aliphatic carboxylic acids is 1. The normalized spacial score (nSPS) is 10.6. The summed E-state index contributed by atoms with van der Waals surface area (Å²) in [5.74, 6) is -0.859. The van der Waals surface area contributed by atoms with Crippen LogP contribution in [0.25, 0.3) is 10.9 Å². The number of hydrogen-bond donors (Lipinski definition) is 1. The zero-order valence-corrected chi connectivity index (χ0v) is 8.03. The molecule has 4 heteroatoms. The number of rotatable bonds is 2. The van der Waals surface area contributed by atoms with E-state index in [1.165, 1.54) is 0 Å². The third-order valence-corrected chi connectivity index (χ3v) is 2.40. The Bertz CT molecular complexity index is 490. The summed E-state index contributed by atoms with van der Waals surface area (Å²) < 4.78 is 1.66. The third-order valence-electron chi connectivity index (χ3n) is 2.07. The predicted molar refractivity (Wildman–Crippen MR) is 54.6 cm³/mol. The maximum absolute atomic E-state index is 10.5. The second-order valence-electron chi connectivity index (χ2n) is 3.01. The molecule has 0 fully saturated rings. The van der Waals surface area contributed by atoms with Crippen LogP contribution >= 0.6 is 11.6 Å². The smallest absolute Gasteiger partial charge is 0.323 e. The maximum Gasteiger partial charge on any atom is 0.323 e. The second-order valence-corrected chi connectivity index (χ2v) is 3.42.